The number of para-hydroxylation sites is 1. The molecule has 1 aromatic heterocycles. The fourth-order valence-electron chi connectivity index (χ4n) is 1.45. The number of aromatic amines is 1. The Balaban J connectivity index is 2.10. The van der Waals surface area contributed by atoms with E-state index in [1.807, 2.05) is 0 Å². The first-order valence-electron chi connectivity index (χ1n) is 5.38. The third-order valence-electron chi connectivity index (χ3n) is 2.29. The first-order chi connectivity index (χ1) is 9.16. The minimum absolute atomic E-state index is 0.0513. The molecule has 7 heteroatoms. The lowest BCUT2D eigenvalue weighted by Gasteiger charge is -1.97. The van der Waals surface area contributed by atoms with E-state index in [0.717, 1.165) is 0 Å². The van der Waals surface area contributed by atoms with Crippen molar-refractivity contribution in [3.63, 3.8) is 0 Å². The van der Waals surface area contributed by atoms with Gasteiger partial charge >= 0.3 is 0 Å². The molecule has 0 spiro atoms. The number of benzene rings is 1. The van der Waals surface area contributed by atoms with Gasteiger partial charge in [-0.3, -0.25) is 20.2 Å². The molecule has 1 aromatic carbocycles. The van der Waals surface area contributed by atoms with Gasteiger partial charge in [0.15, 0.2) is 0 Å². The van der Waals surface area contributed by atoms with Crippen LogP contribution in [0.1, 0.15) is 5.56 Å². The maximum absolute atomic E-state index is 11.5. The standard InChI is InChI=1S/C12H10N4O3/c17-11(15-12-13-7-8-14-12)6-5-9-3-1-2-4-10(9)16(18)19/h1-8H,(H2,13,14,15,17)/b6-5+. The second-order valence-electron chi connectivity index (χ2n) is 3.58. The normalized spacial score (nSPS) is 10.5. The quantitative estimate of drug-likeness (QED) is 0.497. The van der Waals surface area contributed by atoms with Crippen molar-refractivity contribution in [3.8, 4) is 0 Å². The average Bonchev–Trinajstić information content (AvgIpc) is 2.89. The number of amides is 1. The van der Waals surface area contributed by atoms with Gasteiger partial charge in [0.2, 0.25) is 5.95 Å². The molecule has 0 unspecified atom stereocenters. The number of anilines is 1. The molecule has 2 rings (SSSR count). The fourth-order valence-corrected chi connectivity index (χ4v) is 1.45. The molecular formula is C12H10N4O3. The molecule has 0 saturated carbocycles. The van der Waals surface area contributed by atoms with Crippen LogP contribution in [0, 0.1) is 10.1 Å². The Morgan fingerprint density at radius 2 is 2.21 bits per heavy atom. The Morgan fingerprint density at radius 1 is 1.42 bits per heavy atom. The molecule has 7 nitrogen and oxygen atoms in total. The number of imidazole rings is 1. The topological polar surface area (TPSA) is 101 Å². The SMILES string of the molecule is O=C(/C=C/c1ccccc1[N+](=O)[O-])Nc1ncc[nH]1. The van der Waals surface area contributed by atoms with Crippen molar-refractivity contribution in [2.75, 3.05) is 5.32 Å². The number of nitro benzene ring substituents is 1. The monoisotopic (exact) mass is 258 g/mol. The van der Waals surface area contributed by atoms with Crippen molar-refractivity contribution in [3.05, 3.63) is 58.4 Å². The summed E-state index contributed by atoms with van der Waals surface area (Å²) in [7, 11) is 0. The van der Waals surface area contributed by atoms with Crippen molar-refractivity contribution < 1.29 is 9.72 Å². The molecule has 0 atom stereocenters. The van der Waals surface area contributed by atoms with Crippen LogP contribution in [-0.4, -0.2) is 20.8 Å². The first kappa shape index (κ1) is 12.5. The Kier molecular flexibility index (Phi) is 3.67. The van der Waals surface area contributed by atoms with E-state index in [0.29, 0.717) is 11.5 Å². The van der Waals surface area contributed by atoms with E-state index >= 15 is 0 Å². The maximum atomic E-state index is 11.5. The number of nitro groups is 1. The average molecular weight is 258 g/mol. The van der Waals surface area contributed by atoms with E-state index < -0.39 is 10.8 Å². The summed E-state index contributed by atoms with van der Waals surface area (Å²) in [6, 6.07) is 6.18. The van der Waals surface area contributed by atoms with E-state index in [-0.39, 0.29) is 5.69 Å². The van der Waals surface area contributed by atoms with E-state index in [1.54, 1.807) is 24.4 Å². The lowest BCUT2D eigenvalue weighted by molar-refractivity contribution is -0.385. The number of hydrogen-bond donors (Lipinski definition) is 2. The van der Waals surface area contributed by atoms with Gasteiger partial charge in [-0.15, -0.1) is 0 Å². The molecule has 0 aliphatic heterocycles. The molecule has 96 valence electrons. The molecule has 0 aliphatic carbocycles. The molecule has 1 amide bonds. The predicted molar refractivity (Wildman–Crippen MR) is 69.3 cm³/mol. The number of H-pyrrole nitrogens is 1. The summed E-state index contributed by atoms with van der Waals surface area (Å²) in [4.78, 5) is 28.4. The number of hydrogen-bond acceptors (Lipinski definition) is 4. The molecule has 0 bridgehead atoms. The van der Waals surface area contributed by atoms with Crippen LogP contribution in [0.25, 0.3) is 6.08 Å². The highest BCUT2D eigenvalue weighted by Gasteiger charge is 2.09. The number of carbonyl (C=O) groups excluding carboxylic acids is 1. The summed E-state index contributed by atoms with van der Waals surface area (Å²) in [5, 5.41) is 13.3. The van der Waals surface area contributed by atoms with Crippen LogP contribution in [0.5, 0.6) is 0 Å². The number of aromatic nitrogens is 2. The van der Waals surface area contributed by atoms with Crippen LogP contribution >= 0.6 is 0 Å². The van der Waals surface area contributed by atoms with Crippen LogP contribution in [0.2, 0.25) is 0 Å². The lowest BCUT2D eigenvalue weighted by Crippen LogP contribution is -2.08. The van der Waals surface area contributed by atoms with Gasteiger partial charge in [0, 0.05) is 24.5 Å². The van der Waals surface area contributed by atoms with Gasteiger partial charge in [0.25, 0.3) is 11.6 Å². The first-order valence-corrected chi connectivity index (χ1v) is 5.38. The number of nitrogens with one attached hydrogen (secondary N) is 2. The van der Waals surface area contributed by atoms with Gasteiger partial charge in [-0.2, -0.15) is 0 Å². The molecule has 0 radical (unpaired) electrons. The Hall–Kier alpha value is -2.96. The highest BCUT2D eigenvalue weighted by Crippen LogP contribution is 2.18. The summed E-state index contributed by atoms with van der Waals surface area (Å²) >= 11 is 0. The van der Waals surface area contributed by atoms with Crippen molar-refractivity contribution >= 4 is 23.6 Å². The molecular weight excluding hydrogens is 248 g/mol. The van der Waals surface area contributed by atoms with Gasteiger partial charge in [-0.25, -0.2) is 4.98 Å². The molecule has 2 N–H and O–H groups in total. The second-order valence-corrected chi connectivity index (χ2v) is 3.58. The Morgan fingerprint density at radius 3 is 2.89 bits per heavy atom. The van der Waals surface area contributed by atoms with Crippen LogP contribution in [-0.2, 0) is 4.79 Å². The highest BCUT2D eigenvalue weighted by molar-refractivity contribution is 6.01. The third-order valence-corrected chi connectivity index (χ3v) is 2.29. The van der Waals surface area contributed by atoms with Crippen molar-refractivity contribution in [1.82, 2.24) is 9.97 Å². The van der Waals surface area contributed by atoms with Crippen LogP contribution < -0.4 is 5.32 Å². The van der Waals surface area contributed by atoms with E-state index in [1.165, 1.54) is 24.4 Å². The summed E-state index contributed by atoms with van der Waals surface area (Å²) in [6.07, 6.45) is 5.67. The minimum atomic E-state index is -0.496. The van der Waals surface area contributed by atoms with Crippen molar-refractivity contribution in [1.29, 1.82) is 0 Å². The molecule has 2 aromatic rings. The van der Waals surface area contributed by atoms with E-state index in [9.17, 15) is 14.9 Å². The molecule has 1 heterocycles. The molecule has 0 aliphatic rings. The Bertz CT molecular complexity index is 620. The van der Waals surface area contributed by atoms with Gasteiger partial charge in [-0.05, 0) is 12.1 Å². The van der Waals surface area contributed by atoms with Crippen molar-refractivity contribution in [2.45, 2.75) is 0 Å². The third kappa shape index (κ3) is 3.25. The lowest BCUT2D eigenvalue weighted by atomic mass is 10.1. The van der Waals surface area contributed by atoms with Gasteiger partial charge in [0.1, 0.15) is 0 Å². The van der Waals surface area contributed by atoms with Gasteiger partial charge in [-0.1, -0.05) is 12.1 Å². The summed E-state index contributed by atoms with van der Waals surface area (Å²) in [5.74, 6) is -0.106. The number of carbonyl (C=O) groups is 1. The molecule has 0 fully saturated rings. The van der Waals surface area contributed by atoms with Crippen LogP contribution in [0.3, 0.4) is 0 Å². The van der Waals surface area contributed by atoms with E-state index in [2.05, 4.69) is 15.3 Å². The molecule has 19 heavy (non-hydrogen) atoms. The van der Waals surface area contributed by atoms with Crippen LogP contribution in [0.15, 0.2) is 42.7 Å². The second kappa shape index (κ2) is 5.58. The fraction of sp³-hybridized carbons (Fsp3) is 0. The van der Waals surface area contributed by atoms with Crippen LogP contribution in [0.4, 0.5) is 11.6 Å². The summed E-state index contributed by atoms with van der Waals surface area (Å²) in [5.41, 5.74) is 0.312. The van der Waals surface area contributed by atoms with Crippen molar-refractivity contribution in [2.24, 2.45) is 0 Å². The van der Waals surface area contributed by atoms with E-state index in [4.69, 9.17) is 0 Å². The Labute approximate surface area is 108 Å². The zero-order valence-corrected chi connectivity index (χ0v) is 9.74. The smallest absolute Gasteiger partial charge is 0.276 e. The zero-order chi connectivity index (χ0) is 13.7. The predicted octanol–water partition coefficient (Wildman–Crippen LogP) is 1.97. The number of nitrogens with zero attached hydrogens (tertiary/aromatic N) is 2. The van der Waals surface area contributed by atoms with Gasteiger partial charge < -0.3 is 4.98 Å². The number of rotatable bonds is 4. The molecule has 0 saturated heterocycles. The summed E-state index contributed by atoms with van der Waals surface area (Å²) < 4.78 is 0. The zero-order valence-electron chi connectivity index (χ0n) is 9.74. The summed E-state index contributed by atoms with van der Waals surface area (Å²) in [6.45, 7) is 0. The highest BCUT2D eigenvalue weighted by atomic mass is 16.6. The van der Waals surface area contributed by atoms with Gasteiger partial charge in [0.05, 0.1) is 10.5 Å². The maximum Gasteiger partial charge on any atom is 0.276 e. The largest absolute Gasteiger partial charge is 0.331 e. The minimum Gasteiger partial charge on any atom is -0.331 e.